The molecule has 2 N–H and O–H groups in total. The molecule has 1 spiro atoms. The zero-order valence-corrected chi connectivity index (χ0v) is 9.26. The van der Waals surface area contributed by atoms with E-state index in [0.29, 0.717) is 16.8 Å². The lowest BCUT2D eigenvalue weighted by Crippen LogP contribution is -2.56. The first kappa shape index (κ1) is 9.81. The second-order valence-electron chi connectivity index (χ2n) is 4.68. The van der Waals surface area contributed by atoms with Gasteiger partial charge in [-0.15, -0.1) is 0 Å². The van der Waals surface area contributed by atoms with Crippen LogP contribution < -0.4 is 5.73 Å². The normalized spacial score (nSPS) is 35.8. The van der Waals surface area contributed by atoms with Crippen molar-refractivity contribution in [3.63, 3.8) is 0 Å². The Kier molecular flexibility index (Phi) is 2.60. The quantitative estimate of drug-likeness (QED) is 0.628. The van der Waals surface area contributed by atoms with E-state index in [2.05, 4.69) is 24.5 Å². The molecule has 1 heterocycles. The molecular formula is C10H20N2S. The summed E-state index contributed by atoms with van der Waals surface area (Å²) in [6.07, 6.45) is 5.19. The van der Waals surface area contributed by atoms with Crippen LogP contribution in [0.5, 0.6) is 0 Å². The molecule has 1 unspecified atom stereocenters. The van der Waals surface area contributed by atoms with Gasteiger partial charge in [-0.1, -0.05) is 0 Å². The minimum atomic E-state index is 0.411. The third kappa shape index (κ3) is 1.62. The Bertz CT molecular complexity index is 185. The largest absolute Gasteiger partial charge is 0.327 e. The number of hydrogen-bond donors (Lipinski definition) is 2. The minimum absolute atomic E-state index is 0.411. The Labute approximate surface area is 86.3 Å². The summed E-state index contributed by atoms with van der Waals surface area (Å²) >= 11 is 4.46. The molecule has 0 aromatic rings. The van der Waals surface area contributed by atoms with E-state index in [4.69, 9.17) is 5.73 Å². The summed E-state index contributed by atoms with van der Waals surface area (Å²) in [7, 11) is 0. The molecule has 2 nitrogen and oxygen atoms in total. The van der Waals surface area contributed by atoms with Crippen molar-refractivity contribution in [3.8, 4) is 0 Å². The van der Waals surface area contributed by atoms with E-state index in [-0.39, 0.29) is 0 Å². The molecule has 2 fully saturated rings. The predicted molar refractivity (Wildman–Crippen MR) is 58.9 cm³/mol. The second kappa shape index (κ2) is 3.44. The lowest BCUT2D eigenvalue weighted by molar-refractivity contribution is 0.00861. The van der Waals surface area contributed by atoms with Gasteiger partial charge in [0.05, 0.1) is 0 Å². The fraction of sp³-hybridized carbons (Fsp3) is 1.00. The smallest absolute Gasteiger partial charge is 0.0499 e. The number of nitrogens with zero attached hydrogens (tertiary/aromatic N) is 1. The van der Waals surface area contributed by atoms with E-state index in [9.17, 15) is 0 Å². The molecular weight excluding hydrogens is 180 g/mol. The monoisotopic (exact) mass is 200 g/mol. The average molecular weight is 200 g/mol. The third-order valence-electron chi connectivity index (χ3n) is 4.06. The average Bonchev–Trinajstić information content (AvgIpc) is 2.15. The van der Waals surface area contributed by atoms with E-state index in [0.717, 1.165) is 0 Å². The molecule has 13 heavy (non-hydrogen) atoms. The van der Waals surface area contributed by atoms with Gasteiger partial charge in [0.25, 0.3) is 0 Å². The summed E-state index contributed by atoms with van der Waals surface area (Å²) in [5.74, 6) is 0. The van der Waals surface area contributed by atoms with Crippen LogP contribution in [-0.2, 0) is 0 Å². The molecule has 2 atom stereocenters. The highest BCUT2D eigenvalue weighted by Gasteiger charge is 2.46. The summed E-state index contributed by atoms with van der Waals surface area (Å²) in [5, 5.41) is 0.411. The maximum absolute atomic E-state index is 6.07. The van der Waals surface area contributed by atoms with E-state index in [1.165, 1.54) is 38.8 Å². The van der Waals surface area contributed by atoms with Gasteiger partial charge < -0.3 is 5.73 Å². The standard InChI is InChI=1S/C10H20N2S/c1-8(13)12-6-4-10(5-7-12)3-2-9(10)11/h8-9,13H,2-7,11H2,1H3/t8?,9-/m1/s1. The summed E-state index contributed by atoms with van der Waals surface area (Å²) in [5.41, 5.74) is 6.60. The molecule has 76 valence electrons. The highest BCUT2D eigenvalue weighted by Crippen LogP contribution is 2.48. The lowest BCUT2D eigenvalue weighted by Gasteiger charge is -2.53. The maximum Gasteiger partial charge on any atom is 0.0499 e. The van der Waals surface area contributed by atoms with Gasteiger partial charge in [0.15, 0.2) is 0 Å². The van der Waals surface area contributed by atoms with Gasteiger partial charge in [-0.3, -0.25) is 4.90 Å². The van der Waals surface area contributed by atoms with Crippen LogP contribution in [0.15, 0.2) is 0 Å². The molecule has 1 aliphatic heterocycles. The van der Waals surface area contributed by atoms with Crippen LogP contribution in [0.3, 0.4) is 0 Å². The molecule has 2 rings (SSSR count). The molecule has 1 aliphatic carbocycles. The van der Waals surface area contributed by atoms with E-state index in [1.54, 1.807) is 0 Å². The molecule has 0 aromatic heterocycles. The number of hydrogen-bond acceptors (Lipinski definition) is 3. The van der Waals surface area contributed by atoms with Crippen LogP contribution in [0.4, 0.5) is 0 Å². The second-order valence-corrected chi connectivity index (χ2v) is 5.42. The number of rotatable bonds is 1. The van der Waals surface area contributed by atoms with Crippen molar-refractivity contribution in [2.75, 3.05) is 13.1 Å². The number of nitrogens with two attached hydrogens (primary N) is 1. The van der Waals surface area contributed by atoms with Crippen LogP contribution in [0, 0.1) is 5.41 Å². The van der Waals surface area contributed by atoms with Crippen molar-refractivity contribution in [1.82, 2.24) is 4.90 Å². The van der Waals surface area contributed by atoms with Crippen molar-refractivity contribution < 1.29 is 0 Å². The topological polar surface area (TPSA) is 29.3 Å². The van der Waals surface area contributed by atoms with Crippen LogP contribution in [0.1, 0.15) is 32.6 Å². The fourth-order valence-electron chi connectivity index (χ4n) is 2.68. The Morgan fingerprint density at radius 1 is 1.38 bits per heavy atom. The first-order valence-corrected chi connectivity index (χ1v) is 5.83. The van der Waals surface area contributed by atoms with Crippen molar-refractivity contribution in [3.05, 3.63) is 0 Å². The summed E-state index contributed by atoms with van der Waals surface area (Å²) in [6.45, 7) is 4.54. The van der Waals surface area contributed by atoms with E-state index >= 15 is 0 Å². The number of likely N-dealkylation sites (tertiary alicyclic amines) is 1. The molecule has 2 aliphatic rings. The highest BCUT2D eigenvalue weighted by molar-refractivity contribution is 7.80. The Hall–Kier alpha value is 0.270. The predicted octanol–water partition coefficient (Wildman–Crippen LogP) is 1.47. The van der Waals surface area contributed by atoms with Crippen LogP contribution in [-0.4, -0.2) is 29.4 Å². The summed E-state index contributed by atoms with van der Waals surface area (Å²) in [6, 6.07) is 0.491. The third-order valence-corrected chi connectivity index (χ3v) is 4.39. The first-order chi connectivity index (χ1) is 6.14. The Morgan fingerprint density at radius 3 is 2.31 bits per heavy atom. The van der Waals surface area contributed by atoms with Crippen molar-refractivity contribution in [1.29, 1.82) is 0 Å². The molecule has 0 radical (unpaired) electrons. The summed E-state index contributed by atoms with van der Waals surface area (Å²) < 4.78 is 0. The van der Waals surface area contributed by atoms with Gasteiger partial charge in [0.1, 0.15) is 0 Å². The van der Waals surface area contributed by atoms with Crippen molar-refractivity contribution in [2.45, 2.75) is 44.0 Å². The van der Waals surface area contributed by atoms with Gasteiger partial charge in [-0.05, 0) is 51.1 Å². The Morgan fingerprint density at radius 2 is 2.00 bits per heavy atom. The van der Waals surface area contributed by atoms with Gasteiger partial charge >= 0.3 is 0 Å². The SMILES string of the molecule is CC(S)N1CCC2(CC[C@H]2N)CC1. The fourth-order valence-corrected chi connectivity index (χ4v) is 2.91. The first-order valence-electron chi connectivity index (χ1n) is 5.32. The molecule has 0 bridgehead atoms. The zero-order valence-electron chi connectivity index (χ0n) is 8.37. The highest BCUT2D eigenvalue weighted by atomic mass is 32.1. The van der Waals surface area contributed by atoms with E-state index in [1.807, 2.05) is 0 Å². The number of thiol groups is 1. The molecule has 1 saturated heterocycles. The molecule has 1 saturated carbocycles. The number of piperidine rings is 1. The van der Waals surface area contributed by atoms with Gasteiger partial charge in [-0.25, -0.2) is 0 Å². The van der Waals surface area contributed by atoms with Crippen LogP contribution in [0.2, 0.25) is 0 Å². The molecule has 3 heteroatoms. The molecule has 0 amide bonds. The van der Waals surface area contributed by atoms with Crippen LogP contribution >= 0.6 is 12.6 Å². The van der Waals surface area contributed by atoms with Crippen molar-refractivity contribution in [2.24, 2.45) is 11.1 Å². The van der Waals surface area contributed by atoms with Crippen molar-refractivity contribution >= 4 is 12.6 Å². The minimum Gasteiger partial charge on any atom is -0.327 e. The lowest BCUT2D eigenvalue weighted by atomic mass is 9.60. The van der Waals surface area contributed by atoms with Gasteiger partial charge in [0, 0.05) is 11.4 Å². The van der Waals surface area contributed by atoms with Gasteiger partial charge in [-0.2, -0.15) is 12.6 Å². The van der Waals surface area contributed by atoms with Crippen LogP contribution in [0.25, 0.3) is 0 Å². The van der Waals surface area contributed by atoms with Gasteiger partial charge in [0.2, 0.25) is 0 Å². The maximum atomic E-state index is 6.07. The van der Waals surface area contributed by atoms with E-state index < -0.39 is 0 Å². The zero-order chi connectivity index (χ0) is 9.47. The summed E-state index contributed by atoms with van der Waals surface area (Å²) in [4.78, 5) is 2.44. The molecule has 0 aromatic carbocycles. The Balaban J connectivity index is 1.89.